The van der Waals surface area contributed by atoms with Crippen molar-refractivity contribution in [3.8, 4) is 0 Å². The third-order valence-electron chi connectivity index (χ3n) is 5.14. The smallest absolute Gasteiger partial charge is 0.326 e. The van der Waals surface area contributed by atoms with Gasteiger partial charge >= 0.3 is 11.9 Å². The van der Waals surface area contributed by atoms with Crippen LogP contribution < -0.4 is 21.7 Å². The Morgan fingerprint density at radius 1 is 0.844 bits per heavy atom. The number of nitrogens with one attached hydrogen (secondary N) is 3. The van der Waals surface area contributed by atoms with Crippen LogP contribution >= 0.6 is 0 Å². The lowest BCUT2D eigenvalue weighted by atomic mass is 9.98. The SMILES string of the molecule is CCC(C)C(NC(=O)C(CCC(=O)O)NC(=O)C(NC(=O)C(N)C(C)C)C(C)O)C(=O)O. The molecular formula is C20H36N4O8. The molecule has 0 heterocycles. The van der Waals surface area contributed by atoms with Gasteiger partial charge in [-0.2, -0.15) is 0 Å². The van der Waals surface area contributed by atoms with Gasteiger partial charge in [0.05, 0.1) is 12.1 Å². The third kappa shape index (κ3) is 9.60. The van der Waals surface area contributed by atoms with Gasteiger partial charge in [-0.15, -0.1) is 0 Å². The van der Waals surface area contributed by atoms with Crippen molar-refractivity contribution in [2.24, 2.45) is 17.6 Å². The summed E-state index contributed by atoms with van der Waals surface area (Å²) in [7, 11) is 0. The number of aliphatic hydroxyl groups excluding tert-OH is 1. The summed E-state index contributed by atoms with van der Waals surface area (Å²) in [6, 6.07) is -5.05. The fraction of sp³-hybridized carbons (Fsp3) is 0.750. The Balaban J connectivity index is 5.57. The molecule has 0 saturated heterocycles. The average molecular weight is 461 g/mol. The quantitative estimate of drug-likeness (QED) is 0.166. The molecule has 184 valence electrons. The van der Waals surface area contributed by atoms with Gasteiger partial charge in [-0.3, -0.25) is 19.2 Å². The van der Waals surface area contributed by atoms with Crippen LogP contribution in [0.4, 0.5) is 0 Å². The Kier molecular flexibility index (Phi) is 12.5. The van der Waals surface area contributed by atoms with Gasteiger partial charge in [0, 0.05) is 6.42 Å². The van der Waals surface area contributed by atoms with E-state index in [1.807, 2.05) is 0 Å². The van der Waals surface area contributed by atoms with Gasteiger partial charge in [0.1, 0.15) is 18.1 Å². The zero-order valence-electron chi connectivity index (χ0n) is 19.1. The van der Waals surface area contributed by atoms with Crippen molar-refractivity contribution in [2.75, 3.05) is 0 Å². The van der Waals surface area contributed by atoms with Crippen molar-refractivity contribution < 1.29 is 39.3 Å². The number of nitrogens with two attached hydrogens (primary N) is 1. The fourth-order valence-electron chi connectivity index (χ4n) is 2.69. The molecule has 32 heavy (non-hydrogen) atoms. The number of carboxylic acid groups (broad SMARTS) is 2. The Morgan fingerprint density at radius 3 is 1.78 bits per heavy atom. The number of carbonyl (C=O) groups excluding carboxylic acids is 3. The van der Waals surface area contributed by atoms with E-state index >= 15 is 0 Å². The molecule has 0 bridgehead atoms. The van der Waals surface area contributed by atoms with E-state index in [9.17, 15) is 34.2 Å². The molecule has 0 aromatic rings. The summed E-state index contributed by atoms with van der Waals surface area (Å²) in [5.41, 5.74) is 5.75. The molecule has 0 aliphatic carbocycles. The predicted molar refractivity (Wildman–Crippen MR) is 114 cm³/mol. The van der Waals surface area contributed by atoms with Gasteiger partial charge < -0.3 is 37.0 Å². The Labute approximate surface area is 187 Å². The van der Waals surface area contributed by atoms with Crippen LogP contribution in [0.3, 0.4) is 0 Å². The average Bonchev–Trinajstić information content (AvgIpc) is 2.70. The molecule has 0 radical (unpaired) electrons. The first-order chi connectivity index (χ1) is 14.7. The minimum absolute atomic E-state index is 0.240. The maximum absolute atomic E-state index is 12.7. The van der Waals surface area contributed by atoms with E-state index in [2.05, 4.69) is 16.0 Å². The molecule has 3 amide bonds. The highest BCUT2D eigenvalue weighted by Crippen LogP contribution is 2.10. The molecule has 0 rings (SSSR count). The first-order valence-corrected chi connectivity index (χ1v) is 10.5. The van der Waals surface area contributed by atoms with E-state index in [0.717, 1.165) is 0 Å². The summed E-state index contributed by atoms with van der Waals surface area (Å²) >= 11 is 0. The van der Waals surface area contributed by atoms with Gasteiger partial charge in [0.15, 0.2) is 0 Å². The highest BCUT2D eigenvalue weighted by molar-refractivity contribution is 5.94. The number of carbonyl (C=O) groups is 5. The van der Waals surface area contributed by atoms with Gasteiger partial charge in [0.25, 0.3) is 0 Å². The Bertz CT molecular complexity index is 683. The van der Waals surface area contributed by atoms with Crippen molar-refractivity contribution in [1.29, 1.82) is 0 Å². The van der Waals surface area contributed by atoms with Crippen LogP contribution in [0.15, 0.2) is 0 Å². The summed E-state index contributed by atoms with van der Waals surface area (Å²) in [5, 5.41) is 35.2. The molecule has 0 fully saturated rings. The summed E-state index contributed by atoms with van der Waals surface area (Å²) in [5.74, 6) is -5.67. The van der Waals surface area contributed by atoms with Crippen LogP contribution in [0.2, 0.25) is 0 Å². The van der Waals surface area contributed by atoms with Crippen LogP contribution in [0.1, 0.15) is 53.9 Å². The molecule has 0 aromatic carbocycles. The first kappa shape index (κ1) is 29.3. The normalized spacial score (nSPS) is 16.8. The molecule has 0 spiro atoms. The number of aliphatic carboxylic acids is 2. The second-order valence-electron chi connectivity index (χ2n) is 8.20. The van der Waals surface area contributed by atoms with Crippen LogP contribution in [-0.2, 0) is 24.0 Å². The van der Waals surface area contributed by atoms with Gasteiger partial charge in [-0.25, -0.2) is 4.79 Å². The topological polar surface area (TPSA) is 208 Å². The first-order valence-electron chi connectivity index (χ1n) is 10.5. The highest BCUT2D eigenvalue weighted by Gasteiger charge is 2.33. The van der Waals surface area contributed by atoms with Crippen molar-refractivity contribution >= 4 is 29.7 Å². The van der Waals surface area contributed by atoms with Crippen molar-refractivity contribution in [2.45, 2.75) is 84.2 Å². The van der Waals surface area contributed by atoms with Crippen LogP contribution in [0.25, 0.3) is 0 Å². The summed E-state index contributed by atoms with van der Waals surface area (Å²) in [6.07, 6.45) is -1.71. The van der Waals surface area contributed by atoms with Gasteiger partial charge in [-0.05, 0) is 25.2 Å². The molecule has 12 nitrogen and oxygen atoms in total. The maximum atomic E-state index is 12.7. The zero-order chi connectivity index (χ0) is 25.2. The van der Waals surface area contributed by atoms with Crippen molar-refractivity contribution in [3.05, 3.63) is 0 Å². The molecule has 0 aliphatic rings. The number of hydrogen-bond donors (Lipinski definition) is 7. The maximum Gasteiger partial charge on any atom is 0.326 e. The second-order valence-corrected chi connectivity index (χ2v) is 8.20. The van der Waals surface area contributed by atoms with E-state index in [1.54, 1.807) is 27.7 Å². The minimum Gasteiger partial charge on any atom is -0.481 e. The third-order valence-corrected chi connectivity index (χ3v) is 5.14. The summed E-state index contributed by atoms with van der Waals surface area (Å²) < 4.78 is 0. The molecule has 0 aliphatic heterocycles. The van der Waals surface area contributed by atoms with Gasteiger partial charge in [0.2, 0.25) is 17.7 Å². The molecule has 6 atom stereocenters. The van der Waals surface area contributed by atoms with Crippen molar-refractivity contribution in [1.82, 2.24) is 16.0 Å². The number of hydrogen-bond acceptors (Lipinski definition) is 7. The second kappa shape index (κ2) is 13.6. The molecular weight excluding hydrogens is 424 g/mol. The summed E-state index contributed by atoms with van der Waals surface area (Å²) in [6.45, 7) is 8.02. The predicted octanol–water partition coefficient (Wildman–Crippen LogP) is -1.20. The number of rotatable bonds is 14. The van der Waals surface area contributed by atoms with Gasteiger partial charge in [-0.1, -0.05) is 34.1 Å². The largest absolute Gasteiger partial charge is 0.481 e. The Hall–Kier alpha value is -2.73. The lowest BCUT2D eigenvalue weighted by Crippen LogP contribution is -2.60. The monoisotopic (exact) mass is 460 g/mol. The van der Waals surface area contributed by atoms with E-state index < -0.39 is 72.3 Å². The van der Waals surface area contributed by atoms with E-state index in [4.69, 9.17) is 10.8 Å². The highest BCUT2D eigenvalue weighted by atomic mass is 16.4. The number of amides is 3. The lowest BCUT2D eigenvalue weighted by Gasteiger charge is -2.27. The molecule has 0 saturated carbocycles. The molecule has 12 heteroatoms. The minimum atomic E-state index is -1.46. The fourth-order valence-corrected chi connectivity index (χ4v) is 2.69. The summed E-state index contributed by atoms with van der Waals surface area (Å²) in [4.78, 5) is 60.1. The van der Waals surface area contributed by atoms with E-state index in [0.29, 0.717) is 6.42 Å². The molecule has 6 unspecified atom stereocenters. The molecule has 0 aromatic heterocycles. The number of carboxylic acids is 2. The zero-order valence-corrected chi connectivity index (χ0v) is 19.1. The number of aliphatic hydroxyl groups is 1. The standard InChI is InChI=1S/C20H36N4O8/c1-6-10(4)15(20(31)32)23-17(28)12(7-8-13(26)27)22-19(30)16(11(5)25)24-18(29)14(21)9(2)3/h9-12,14-16,25H,6-8,21H2,1-5H3,(H,22,30)(H,23,28)(H,24,29)(H,26,27)(H,31,32). The lowest BCUT2D eigenvalue weighted by molar-refractivity contribution is -0.144. The van der Waals surface area contributed by atoms with Crippen LogP contribution in [0, 0.1) is 11.8 Å². The van der Waals surface area contributed by atoms with E-state index in [1.165, 1.54) is 6.92 Å². The Morgan fingerprint density at radius 2 is 1.38 bits per heavy atom. The van der Waals surface area contributed by atoms with Crippen LogP contribution in [-0.4, -0.2) is 75.3 Å². The van der Waals surface area contributed by atoms with Crippen molar-refractivity contribution in [3.63, 3.8) is 0 Å². The van der Waals surface area contributed by atoms with E-state index in [-0.39, 0.29) is 12.3 Å². The van der Waals surface area contributed by atoms with Crippen LogP contribution in [0.5, 0.6) is 0 Å². The molecule has 8 N–H and O–H groups in total.